The van der Waals surface area contributed by atoms with Crippen LogP contribution in [0.5, 0.6) is 0 Å². The highest BCUT2D eigenvalue weighted by molar-refractivity contribution is 5.45. The summed E-state index contributed by atoms with van der Waals surface area (Å²) in [4.78, 5) is 0. The van der Waals surface area contributed by atoms with Gasteiger partial charge in [0.1, 0.15) is 0 Å². The second kappa shape index (κ2) is 3.43. The van der Waals surface area contributed by atoms with Crippen molar-refractivity contribution in [3.63, 3.8) is 0 Å². The Bertz CT molecular complexity index is 402. The molecule has 2 N–H and O–H groups in total. The van der Waals surface area contributed by atoms with Gasteiger partial charge >= 0.3 is 0 Å². The lowest BCUT2D eigenvalue weighted by Gasteiger charge is -2.22. The molecular weight excluding hydrogens is 172 g/mol. The molecule has 1 aliphatic rings. The average molecular weight is 186 g/mol. The highest BCUT2D eigenvalue weighted by atomic mass is 14.6. The first-order valence-electron chi connectivity index (χ1n) is 4.99. The van der Waals surface area contributed by atoms with E-state index >= 15 is 0 Å². The predicted molar refractivity (Wildman–Crippen MR) is 55.9 cm³/mol. The molecule has 1 aliphatic carbocycles. The number of nitriles is 1. The summed E-state index contributed by atoms with van der Waals surface area (Å²) < 4.78 is 0. The minimum absolute atomic E-state index is 0.301. The highest BCUT2D eigenvalue weighted by Gasteiger charge is 2.16. The Balaban J connectivity index is 2.47. The lowest BCUT2D eigenvalue weighted by Crippen LogP contribution is -2.27. The molecule has 0 saturated carbocycles. The van der Waals surface area contributed by atoms with E-state index in [9.17, 15) is 0 Å². The van der Waals surface area contributed by atoms with Gasteiger partial charge in [-0.15, -0.1) is 0 Å². The quantitative estimate of drug-likeness (QED) is 0.670. The fourth-order valence-electron chi connectivity index (χ4n) is 2.08. The largest absolute Gasteiger partial charge is 0.327 e. The fourth-order valence-corrected chi connectivity index (χ4v) is 2.08. The molecule has 0 aromatic heterocycles. The molecule has 2 nitrogen and oxygen atoms in total. The molecule has 2 rings (SSSR count). The number of benzene rings is 1. The van der Waals surface area contributed by atoms with Gasteiger partial charge in [0.05, 0.1) is 11.6 Å². The second-order valence-corrected chi connectivity index (χ2v) is 4.05. The van der Waals surface area contributed by atoms with Crippen LogP contribution < -0.4 is 5.73 Å². The van der Waals surface area contributed by atoms with Gasteiger partial charge in [0.25, 0.3) is 0 Å². The van der Waals surface area contributed by atoms with E-state index < -0.39 is 0 Å². The molecule has 1 atom stereocenters. The Hall–Kier alpha value is -1.33. The molecule has 0 bridgehead atoms. The number of fused-ring (bicyclic) bond motifs is 1. The molecule has 2 heteroatoms. The maximum atomic E-state index is 8.90. The van der Waals surface area contributed by atoms with Crippen LogP contribution in [0.2, 0.25) is 0 Å². The van der Waals surface area contributed by atoms with Crippen LogP contribution in [0.3, 0.4) is 0 Å². The standard InChI is InChI=1S/C12H14N2/c1-8-4-10-6-12(14)3-2-9(10)5-11(8)7-13/h4-5,12H,2-3,6,14H2,1H3/t12-/m1/s1. The van der Waals surface area contributed by atoms with Crippen molar-refractivity contribution in [2.45, 2.75) is 32.2 Å². The third kappa shape index (κ3) is 1.51. The number of hydrogen-bond acceptors (Lipinski definition) is 2. The maximum absolute atomic E-state index is 8.90. The normalized spacial score (nSPS) is 19.9. The maximum Gasteiger partial charge on any atom is 0.0994 e. The van der Waals surface area contributed by atoms with Gasteiger partial charge in [-0.3, -0.25) is 0 Å². The second-order valence-electron chi connectivity index (χ2n) is 4.05. The van der Waals surface area contributed by atoms with Gasteiger partial charge < -0.3 is 5.73 Å². The van der Waals surface area contributed by atoms with E-state index in [2.05, 4.69) is 12.1 Å². The molecule has 0 spiro atoms. The summed E-state index contributed by atoms with van der Waals surface area (Å²) >= 11 is 0. The first-order valence-corrected chi connectivity index (χ1v) is 4.99. The highest BCUT2D eigenvalue weighted by Crippen LogP contribution is 2.23. The number of hydrogen-bond donors (Lipinski definition) is 1. The van der Waals surface area contributed by atoms with Crippen LogP contribution in [0.15, 0.2) is 12.1 Å². The first-order chi connectivity index (χ1) is 6.70. The lowest BCUT2D eigenvalue weighted by molar-refractivity contribution is 0.576. The van der Waals surface area contributed by atoms with Crippen LogP contribution in [-0.2, 0) is 12.8 Å². The van der Waals surface area contributed by atoms with Gasteiger partial charge in [0.15, 0.2) is 0 Å². The number of nitrogens with zero attached hydrogens (tertiary/aromatic N) is 1. The van der Waals surface area contributed by atoms with E-state index in [0.29, 0.717) is 6.04 Å². The van der Waals surface area contributed by atoms with Crippen LogP contribution in [0.1, 0.15) is 28.7 Å². The van der Waals surface area contributed by atoms with Crippen LogP contribution in [0.25, 0.3) is 0 Å². The van der Waals surface area contributed by atoms with Gasteiger partial charge in [0, 0.05) is 6.04 Å². The van der Waals surface area contributed by atoms with E-state index in [1.165, 1.54) is 11.1 Å². The Morgan fingerprint density at radius 3 is 2.93 bits per heavy atom. The molecule has 0 radical (unpaired) electrons. The summed E-state index contributed by atoms with van der Waals surface area (Å²) in [5.41, 5.74) is 10.4. The third-order valence-electron chi connectivity index (χ3n) is 2.93. The summed E-state index contributed by atoms with van der Waals surface area (Å²) in [6.45, 7) is 1.99. The molecule has 0 amide bonds. The molecule has 0 heterocycles. The Morgan fingerprint density at radius 1 is 1.43 bits per heavy atom. The third-order valence-corrected chi connectivity index (χ3v) is 2.93. The summed E-state index contributed by atoms with van der Waals surface area (Å²) in [7, 11) is 0. The Kier molecular flexibility index (Phi) is 2.26. The first kappa shape index (κ1) is 9.23. The Labute approximate surface area is 84.3 Å². The van der Waals surface area contributed by atoms with Crippen molar-refractivity contribution in [3.8, 4) is 6.07 Å². The summed E-state index contributed by atoms with van der Waals surface area (Å²) in [6.07, 6.45) is 3.02. The summed E-state index contributed by atoms with van der Waals surface area (Å²) in [6, 6.07) is 6.67. The van der Waals surface area contributed by atoms with E-state index in [4.69, 9.17) is 11.0 Å². The zero-order valence-corrected chi connectivity index (χ0v) is 8.38. The van der Waals surface area contributed by atoms with Crippen LogP contribution >= 0.6 is 0 Å². The minimum atomic E-state index is 0.301. The van der Waals surface area contributed by atoms with Crippen molar-refractivity contribution < 1.29 is 0 Å². The summed E-state index contributed by atoms with van der Waals surface area (Å²) in [5.74, 6) is 0. The van der Waals surface area contributed by atoms with E-state index in [-0.39, 0.29) is 0 Å². The van der Waals surface area contributed by atoms with Gasteiger partial charge in [-0.05, 0) is 48.9 Å². The van der Waals surface area contributed by atoms with Gasteiger partial charge in [-0.25, -0.2) is 0 Å². The fraction of sp³-hybridized carbons (Fsp3) is 0.417. The molecular formula is C12H14N2. The van der Waals surface area contributed by atoms with E-state index in [1.807, 2.05) is 13.0 Å². The molecule has 1 aromatic rings. The SMILES string of the molecule is Cc1cc2c(cc1C#N)CC[C@@H](N)C2. The molecule has 72 valence electrons. The summed E-state index contributed by atoms with van der Waals surface area (Å²) in [5, 5.41) is 8.90. The van der Waals surface area contributed by atoms with Crippen molar-refractivity contribution in [3.05, 3.63) is 34.4 Å². The predicted octanol–water partition coefficient (Wildman–Crippen LogP) is 1.68. The molecule has 0 saturated heterocycles. The van der Waals surface area contributed by atoms with Gasteiger partial charge in [-0.1, -0.05) is 6.07 Å². The van der Waals surface area contributed by atoms with Crippen molar-refractivity contribution in [2.24, 2.45) is 5.73 Å². The van der Waals surface area contributed by atoms with Gasteiger partial charge in [-0.2, -0.15) is 5.26 Å². The molecule has 0 unspecified atom stereocenters. The zero-order valence-electron chi connectivity index (χ0n) is 8.38. The van der Waals surface area contributed by atoms with Gasteiger partial charge in [0.2, 0.25) is 0 Å². The molecule has 1 aromatic carbocycles. The van der Waals surface area contributed by atoms with E-state index in [1.54, 1.807) is 0 Å². The zero-order chi connectivity index (χ0) is 10.1. The molecule has 0 fully saturated rings. The van der Waals surface area contributed by atoms with Crippen molar-refractivity contribution in [1.82, 2.24) is 0 Å². The number of nitrogens with two attached hydrogens (primary N) is 1. The number of rotatable bonds is 0. The number of aryl methyl sites for hydroxylation is 2. The van der Waals surface area contributed by atoms with Crippen molar-refractivity contribution >= 4 is 0 Å². The van der Waals surface area contributed by atoms with Crippen molar-refractivity contribution in [2.75, 3.05) is 0 Å². The van der Waals surface area contributed by atoms with Crippen LogP contribution in [0, 0.1) is 18.3 Å². The topological polar surface area (TPSA) is 49.8 Å². The monoisotopic (exact) mass is 186 g/mol. The molecule has 0 aliphatic heterocycles. The van der Waals surface area contributed by atoms with Crippen molar-refractivity contribution in [1.29, 1.82) is 5.26 Å². The van der Waals surface area contributed by atoms with E-state index in [0.717, 1.165) is 30.4 Å². The Morgan fingerprint density at radius 2 is 2.21 bits per heavy atom. The smallest absolute Gasteiger partial charge is 0.0994 e. The van der Waals surface area contributed by atoms with Crippen LogP contribution in [-0.4, -0.2) is 6.04 Å². The average Bonchev–Trinajstić information content (AvgIpc) is 2.16. The lowest BCUT2D eigenvalue weighted by atomic mass is 9.86. The minimum Gasteiger partial charge on any atom is -0.327 e. The van der Waals surface area contributed by atoms with Crippen LogP contribution in [0.4, 0.5) is 0 Å². The molecule has 14 heavy (non-hydrogen) atoms.